The predicted molar refractivity (Wildman–Crippen MR) is 98.9 cm³/mol. The maximum Gasteiger partial charge on any atom is 0.325 e. The zero-order valence-electron chi connectivity index (χ0n) is 14.9. The van der Waals surface area contributed by atoms with Gasteiger partial charge < -0.3 is 15.4 Å². The molecular formula is C20H22N2O4. The number of nitrogens with one attached hydrogen (secondary N) is 2. The van der Waals surface area contributed by atoms with Crippen LogP contribution in [0.3, 0.4) is 0 Å². The molecule has 2 amide bonds. The Kier molecular flexibility index (Phi) is 6.91. The van der Waals surface area contributed by atoms with Crippen LogP contribution in [-0.4, -0.2) is 30.9 Å². The van der Waals surface area contributed by atoms with Gasteiger partial charge in [0.2, 0.25) is 0 Å². The smallest absolute Gasteiger partial charge is 0.325 e. The van der Waals surface area contributed by atoms with Crippen molar-refractivity contribution in [1.82, 2.24) is 5.32 Å². The van der Waals surface area contributed by atoms with Gasteiger partial charge in [-0.3, -0.25) is 14.4 Å². The van der Waals surface area contributed by atoms with E-state index < -0.39 is 18.5 Å². The van der Waals surface area contributed by atoms with Crippen molar-refractivity contribution in [3.8, 4) is 0 Å². The topological polar surface area (TPSA) is 84.5 Å². The quantitative estimate of drug-likeness (QED) is 0.748. The molecule has 0 saturated carbocycles. The molecule has 6 heteroatoms. The molecule has 0 fully saturated rings. The van der Waals surface area contributed by atoms with Gasteiger partial charge in [0.15, 0.2) is 6.61 Å². The molecule has 2 N–H and O–H groups in total. The van der Waals surface area contributed by atoms with E-state index in [2.05, 4.69) is 10.6 Å². The number of carbonyl (C=O) groups excluding carboxylic acids is 3. The molecule has 2 aromatic rings. The van der Waals surface area contributed by atoms with Crippen LogP contribution < -0.4 is 10.6 Å². The van der Waals surface area contributed by atoms with Gasteiger partial charge >= 0.3 is 5.97 Å². The van der Waals surface area contributed by atoms with E-state index in [1.165, 1.54) is 0 Å². The Morgan fingerprint density at radius 3 is 2.54 bits per heavy atom. The summed E-state index contributed by atoms with van der Waals surface area (Å²) >= 11 is 0. The molecule has 0 aliphatic carbocycles. The second kappa shape index (κ2) is 9.36. The summed E-state index contributed by atoms with van der Waals surface area (Å²) in [5, 5.41) is 5.13. The summed E-state index contributed by atoms with van der Waals surface area (Å²) in [5.41, 5.74) is 3.16. The molecule has 0 saturated heterocycles. The number of amides is 2. The van der Waals surface area contributed by atoms with Crippen LogP contribution in [-0.2, 0) is 20.7 Å². The molecule has 0 radical (unpaired) electrons. The molecule has 0 unspecified atom stereocenters. The van der Waals surface area contributed by atoms with Crippen molar-refractivity contribution in [3.05, 3.63) is 65.2 Å². The average Bonchev–Trinajstić information content (AvgIpc) is 2.64. The monoisotopic (exact) mass is 354 g/mol. The van der Waals surface area contributed by atoms with Gasteiger partial charge in [-0.05, 0) is 43.2 Å². The van der Waals surface area contributed by atoms with Gasteiger partial charge in [-0.2, -0.15) is 0 Å². The highest BCUT2D eigenvalue weighted by Crippen LogP contribution is 2.10. The second-order valence-electron chi connectivity index (χ2n) is 5.81. The highest BCUT2D eigenvalue weighted by atomic mass is 16.5. The van der Waals surface area contributed by atoms with E-state index >= 15 is 0 Å². The zero-order chi connectivity index (χ0) is 18.9. The summed E-state index contributed by atoms with van der Waals surface area (Å²) in [6, 6.07) is 14.5. The Morgan fingerprint density at radius 2 is 1.81 bits per heavy atom. The molecule has 136 valence electrons. The van der Waals surface area contributed by atoms with Crippen LogP contribution in [0, 0.1) is 6.92 Å². The fourth-order valence-electron chi connectivity index (χ4n) is 2.30. The fraction of sp³-hybridized carbons (Fsp3) is 0.250. The summed E-state index contributed by atoms with van der Waals surface area (Å²) in [6.07, 6.45) is 0.860. The lowest BCUT2D eigenvalue weighted by Gasteiger charge is -2.08. The first-order valence-electron chi connectivity index (χ1n) is 8.37. The number of hydrogen-bond acceptors (Lipinski definition) is 4. The van der Waals surface area contributed by atoms with Gasteiger partial charge in [-0.25, -0.2) is 0 Å². The van der Waals surface area contributed by atoms with Crippen molar-refractivity contribution in [2.24, 2.45) is 0 Å². The van der Waals surface area contributed by atoms with Crippen molar-refractivity contribution < 1.29 is 19.1 Å². The third-order valence-electron chi connectivity index (χ3n) is 3.66. The Balaban J connectivity index is 1.74. The standard InChI is InChI=1S/C20H22N2O4/c1-3-15-7-5-9-17(11-15)22-18(23)13-26-19(24)12-21-20(25)16-8-4-6-14(2)10-16/h4-11H,3,12-13H2,1-2H3,(H,21,25)(H,22,23). The Labute approximate surface area is 152 Å². The summed E-state index contributed by atoms with van der Waals surface area (Å²) in [4.78, 5) is 35.5. The van der Waals surface area contributed by atoms with E-state index in [4.69, 9.17) is 4.74 Å². The maximum absolute atomic E-state index is 11.9. The first-order chi connectivity index (χ1) is 12.5. The van der Waals surface area contributed by atoms with Crippen molar-refractivity contribution in [1.29, 1.82) is 0 Å². The fourth-order valence-corrected chi connectivity index (χ4v) is 2.30. The minimum absolute atomic E-state index is 0.300. The second-order valence-corrected chi connectivity index (χ2v) is 5.81. The van der Waals surface area contributed by atoms with Crippen molar-refractivity contribution >= 4 is 23.5 Å². The predicted octanol–water partition coefficient (Wildman–Crippen LogP) is 2.47. The number of anilines is 1. The first kappa shape index (κ1) is 19.2. The Hall–Kier alpha value is -3.15. The molecule has 0 aliphatic rings. The number of esters is 1. The number of hydrogen-bond donors (Lipinski definition) is 2. The number of aryl methyl sites for hydroxylation is 2. The minimum atomic E-state index is -0.677. The minimum Gasteiger partial charge on any atom is -0.454 e. The lowest BCUT2D eigenvalue weighted by molar-refractivity contribution is -0.146. The largest absolute Gasteiger partial charge is 0.454 e. The van der Waals surface area contributed by atoms with Crippen LogP contribution in [0.1, 0.15) is 28.4 Å². The Bertz CT molecular complexity index is 802. The molecule has 0 spiro atoms. The number of carbonyl (C=O) groups is 3. The van der Waals surface area contributed by atoms with Gasteiger partial charge in [-0.15, -0.1) is 0 Å². The summed E-state index contributed by atoms with van der Waals surface area (Å²) in [6.45, 7) is 3.19. The van der Waals surface area contributed by atoms with E-state index in [0.29, 0.717) is 11.3 Å². The molecular weight excluding hydrogens is 332 g/mol. The van der Waals surface area contributed by atoms with Crippen LogP contribution >= 0.6 is 0 Å². The van der Waals surface area contributed by atoms with E-state index in [9.17, 15) is 14.4 Å². The lowest BCUT2D eigenvalue weighted by Crippen LogP contribution is -2.32. The maximum atomic E-state index is 11.9. The molecule has 0 heterocycles. The van der Waals surface area contributed by atoms with Gasteiger partial charge in [0.25, 0.3) is 11.8 Å². The number of rotatable bonds is 7. The van der Waals surface area contributed by atoms with E-state index in [1.54, 1.807) is 24.3 Å². The normalized spacial score (nSPS) is 10.1. The number of benzene rings is 2. The first-order valence-corrected chi connectivity index (χ1v) is 8.37. The van der Waals surface area contributed by atoms with Gasteiger partial charge in [0.05, 0.1) is 0 Å². The summed E-state index contributed by atoms with van der Waals surface area (Å²) in [7, 11) is 0. The highest BCUT2D eigenvalue weighted by Gasteiger charge is 2.11. The summed E-state index contributed by atoms with van der Waals surface area (Å²) in [5.74, 6) is -1.48. The van der Waals surface area contributed by atoms with E-state index in [1.807, 2.05) is 38.1 Å². The number of ether oxygens (including phenoxy) is 1. The highest BCUT2D eigenvalue weighted by molar-refractivity contribution is 5.96. The van der Waals surface area contributed by atoms with Crippen LogP contribution in [0.25, 0.3) is 0 Å². The molecule has 26 heavy (non-hydrogen) atoms. The summed E-state index contributed by atoms with van der Waals surface area (Å²) < 4.78 is 4.88. The van der Waals surface area contributed by atoms with Crippen LogP contribution in [0.4, 0.5) is 5.69 Å². The van der Waals surface area contributed by atoms with Gasteiger partial charge in [-0.1, -0.05) is 36.8 Å². The SMILES string of the molecule is CCc1cccc(NC(=O)COC(=O)CNC(=O)c2cccc(C)c2)c1. The van der Waals surface area contributed by atoms with Crippen molar-refractivity contribution in [3.63, 3.8) is 0 Å². The van der Waals surface area contributed by atoms with Crippen LogP contribution in [0.5, 0.6) is 0 Å². The van der Waals surface area contributed by atoms with Crippen LogP contribution in [0.2, 0.25) is 0 Å². The average molecular weight is 354 g/mol. The third-order valence-corrected chi connectivity index (χ3v) is 3.66. The molecule has 6 nitrogen and oxygen atoms in total. The molecule has 2 rings (SSSR count). The Morgan fingerprint density at radius 1 is 1.04 bits per heavy atom. The molecule has 0 atom stereocenters. The van der Waals surface area contributed by atoms with Crippen LogP contribution in [0.15, 0.2) is 48.5 Å². The van der Waals surface area contributed by atoms with E-state index in [-0.39, 0.29) is 12.5 Å². The van der Waals surface area contributed by atoms with Crippen molar-refractivity contribution in [2.45, 2.75) is 20.3 Å². The molecule has 0 aromatic heterocycles. The van der Waals surface area contributed by atoms with Gasteiger partial charge in [0, 0.05) is 11.3 Å². The zero-order valence-corrected chi connectivity index (χ0v) is 14.9. The lowest BCUT2D eigenvalue weighted by atomic mass is 10.1. The van der Waals surface area contributed by atoms with Gasteiger partial charge in [0.1, 0.15) is 6.54 Å². The van der Waals surface area contributed by atoms with Crippen molar-refractivity contribution in [2.75, 3.05) is 18.5 Å². The molecule has 0 aliphatic heterocycles. The third kappa shape index (κ3) is 6.05. The molecule has 0 bridgehead atoms. The molecule has 2 aromatic carbocycles. The van der Waals surface area contributed by atoms with E-state index in [0.717, 1.165) is 17.5 Å².